The fraction of sp³-hybridized carbons (Fsp3) is 1.00. The van der Waals surface area contributed by atoms with Crippen molar-refractivity contribution in [2.45, 2.75) is 26.8 Å². The Morgan fingerprint density at radius 1 is 1.47 bits per heavy atom. The Kier molecular flexibility index (Phi) is 8.43. The molecule has 1 fully saturated rings. The smallest absolute Gasteiger partial charge is 0.0593 e. The third-order valence-electron chi connectivity index (χ3n) is 2.61. The number of nitrogens with zero attached hydrogens (tertiary/aromatic N) is 1. The normalized spacial score (nSPS) is 22.8. The molecule has 1 aliphatic rings. The summed E-state index contributed by atoms with van der Waals surface area (Å²) in [4.78, 5) is 2.50. The molecule has 0 aromatic rings. The van der Waals surface area contributed by atoms with Crippen molar-refractivity contribution in [3.8, 4) is 0 Å². The quantitative estimate of drug-likeness (QED) is 0.730. The summed E-state index contributed by atoms with van der Waals surface area (Å²) in [5, 5.41) is 3.39. The van der Waals surface area contributed by atoms with E-state index in [4.69, 9.17) is 4.74 Å². The summed E-state index contributed by atoms with van der Waals surface area (Å²) in [6.07, 6.45) is 0. The minimum absolute atomic E-state index is 0. The zero-order valence-electron chi connectivity index (χ0n) is 10.2. The summed E-state index contributed by atoms with van der Waals surface area (Å²) in [7, 11) is 0. The van der Waals surface area contributed by atoms with Gasteiger partial charge in [0.15, 0.2) is 0 Å². The minimum atomic E-state index is 0. The predicted molar refractivity (Wildman–Crippen MR) is 66.8 cm³/mol. The standard InChI is InChI=1S/C11H24N2O.ClH/c1-10(2)9-14-7-6-13-5-4-12-8-11(13)3;/h10-12H,4-9H2,1-3H3;1H/t11-;/m0./s1. The first-order valence-electron chi connectivity index (χ1n) is 5.72. The summed E-state index contributed by atoms with van der Waals surface area (Å²) >= 11 is 0. The van der Waals surface area contributed by atoms with Crippen LogP contribution in [-0.2, 0) is 4.74 Å². The first-order valence-corrected chi connectivity index (χ1v) is 5.72. The molecule has 1 heterocycles. The van der Waals surface area contributed by atoms with Crippen LogP contribution in [0.25, 0.3) is 0 Å². The number of nitrogens with one attached hydrogen (secondary N) is 1. The average molecular weight is 237 g/mol. The predicted octanol–water partition coefficient (Wildman–Crippen LogP) is 1.37. The van der Waals surface area contributed by atoms with Crippen LogP contribution in [-0.4, -0.2) is 50.3 Å². The third-order valence-corrected chi connectivity index (χ3v) is 2.61. The number of halogens is 1. The fourth-order valence-electron chi connectivity index (χ4n) is 1.72. The van der Waals surface area contributed by atoms with Gasteiger partial charge in [0, 0.05) is 38.8 Å². The van der Waals surface area contributed by atoms with E-state index in [2.05, 4.69) is 31.0 Å². The van der Waals surface area contributed by atoms with E-state index in [-0.39, 0.29) is 12.4 Å². The molecule has 1 atom stereocenters. The zero-order valence-corrected chi connectivity index (χ0v) is 11.0. The summed E-state index contributed by atoms with van der Waals surface area (Å²) < 4.78 is 5.58. The summed E-state index contributed by atoms with van der Waals surface area (Å²) in [5.74, 6) is 0.649. The SMILES string of the molecule is CC(C)COCCN1CCNC[C@@H]1C.Cl. The number of piperazine rings is 1. The summed E-state index contributed by atoms with van der Waals surface area (Å²) in [5.41, 5.74) is 0. The average Bonchev–Trinajstić information content (AvgIpc) is 2.15. The maximum Gasteiger partial charge on any atom is 0.0593 e. The molecule has 0 aromatic heterocycles. The van der Waals surface area contributed by atoms with E-state index < -0.39 is 0 Å². The lowest BCUT2D eigenvalue weighted by Crippen LogP contribution is -2.50. The molecule has 0 radical (unpaired) electrons. The van der Waals surface area contributed by atoms with Crippen molar-refractivity contribution >= 4 is 12.4 Å². The number of hydrogen-bond acceptors (Lipinski definition) is 3. The van der Waals surface area contributed by atoms with E-state index in [9.17, 15) is 0 Å². The van der Waals surface area contributed by atoms with E-state index in [0.717, 1.165) is 39.4 Å². The van der Waals surface area contributed by atoms with Gasteiger partial charge in [0.2, 0.25) is 0 Å². The van der Waals surface area contributed by atoms with Gasteiger partial charge in [-0.1, -0.05) is 13.8 Å². The van der Waals surface area contributed by atoms with Gasteiger partial charge in [-0.3, -0.25) is 4.90 Å². The van der Waals surface area contributed by atoms with E-state index in [1.807, 2.05) is 0 Å². The van der Waals surface area contributed by atoms with Crippen LogP contribution in [0, 0.1) is 5.92 Å². The molecule has 0 saturated carbocycles. The molecule has 1 rings (SSSR count). The van der Waals surface area contributed by atoms with Crippen molar-refractivity contribution < 1.29 is 4.74 Å². The van der Waals surface area contributed by atoms with Gasteiger partial charge < -0.3 is 10.1 Å². The van der Waals surface area contributed by atoms with Gasteiger partial charge in [0.25, 0.3) is 0 Å². The Labute approximate surface area is 100.0 Å². The van der Waals surface area contributed by atoms with Gasteiger partial charge in [-0.15, -0.1) is 12.4 Å². The number of hydrogen-bond donors (Lipinski definition) is 1. The van der Waals surface area contributed by atoms with Crippen LogP contribution >= 0.6 is 12.4 Å². The van der Waals surface area contributed by atoms with E-state index in [0.29, 0.717) is 12.0 Å². The lowest BCUT2D eigenvalue weighted by atomic mass is 10.2. The summed E-state index contributed by atoms with van der Waals surface area (Å²) in [6, 6.07) is 0.659. The first-order chi connectivity index (χ1) is 6.70. The van der Waals surface area contributed by atoms with Gasteiger partial charge in [-0.2, -0.15) is 0 Å². The molecule has 1 aliphatic heterocycles. The molecule has 0 bridgehead atoms. The van der Waals surface area contributed by atoms with Crippen LogP contribution in [0.15, 0.2) is 0 Å². The molecule has 1 saturated heterocycles. The van der Waals surface area contributed by atoms with Crippen molar-refractivity contribution in [1.82, 2.24) is 10.2 Å². The van der Waals surface area contributed by atoms with Crippen molar-refractivity contribution in [3.63, 3.8) is 0 Å². The van der Waals surface area contributed by atoms with Crippen LogP contribution in [0.5, 0.6) is 0 Å². The minimum Gasteiger partial charge on any atom is -0.380 e. The molecule has 0 unspecified atom stereocenters. The topological polar surface area (TPSA) is 24.5 Å². The Balaban J connectivity index is 0.00000196. The maximum absolute atomic E-state index is 5.58. The molecule has 3 nitrogen and oxygen atoms in total. The van der Waals surface area contributed by atoms with Crippen molar-refractivity contribution in [2.24, 2.45) is 5.92 Å². The third kappa shape index (κ3) is 6.36. The second-order valence-electron chi connectivity index (χ2n) is 4.56. The lowest BCUT2D eigenvalue weighted by molar-refractivity contribution is 0.0678. The molecule has 0 spiro atoms. The maximum atomic E-state index is 5.58. The Morgan fingerprint density at radius 2 is 2.20 bits per heavy atom. The van der Waals surface area contributed by atoms with Crippen LogP contribution in [0.2, 0.25) is 0 Å². The molecule has 15 heavy (non-hydrogen) atoms. The molecule has 4 heteroatoms. The van der Waals surface area contributed by atoms with Crippen LogP contribution < -0.4 is 5.32 Å². The Bertz CT molecular complexity index is 156. The van der Waals surface area contributed by atoms with Gasteiger partial charge in [0.1, 0.15) is 0 Å². The highest BCUT2D eigenvalue weighted by molar-refractivity contribution is 5.85. The van der Waals surface area contributed by atoms with Crippen molar-refractivity contribution in [1.29, 1.82) is 0 Å². The lowest BCUT2D eigenvalue weighted by Gasteiger charge is -2.33. The highest BCUT2D eigenvalue weighted by Gasteiger charge is 2.16. The van der Waals surface area contributed by atoms with Gasteiger partial charge in [-0.05, 0) is 12.8 Å². The Morgan fingerprint density at radius 3 is 2.80 bits per heavy atom. The molecular weight excluding hydrogens is 212 g/mol. The van der Waals surface area contributed by atoms with Gasteiger partial charge in [-0.25, -0.2) is 0 Å². The van der Waals surface area contributed by atoms with Crippen LogP contribution in [0.1, 0.15) is 20.8 Å². The highest BCUT2D eigenvalue weighted by Crippen LogP contribution is 2.01. The number of rotatable bonds is 5. The Hall–Kier alpha value is 0.170. The molecular formula is C11H25ClN2O. The highest BCUT2D eigenvalue weighted by atomic mass is 35.5. The monoisotopic (exact) mass is 236 g/mol. The molecule has 92 valence electrons. The van der Waals surface area contributed by atoms with E-state index >= 15 is 0 Å². The molecule has 0 aromatic carbocycles. The summed E-state index contributed by atoms with van der Waals surface area (Å²) in [6.45, 7) is 12.9. The molecule has 0 amide bonds. The fourth-order valence-corrected chi connectivity index (χ4v) is 1.72. The molecule has 1 N–H and O–H groups in total. The number of ether oxygens (including phenoxy) is 1. The van der Waals surface area contributed by atoms with Gasteiger partial charge >= 0.3 is 0 Å². The van der Waals surface area contributed by atoms with Crippen molar-refractivity contribution in [3.05, 3.63) is 0 Å². The largest absolute Gasteiger partial charge is 0.380 e. The van der Waals surface area contributed by atoms with Crippen LogP contribution in [0.4, 0.5) is 0 Å². The molecule has 0 aliphatic carbocycles. The van der Waals surface area contributed by atoms with Crippen LogP contribution in [0.3, 0.4) is 0 Å². The van der Waals surface area contributed by atoms with Gasteiger partial charge in [0.05, 0.1) is 6.61 Å². The van der Waals surface area contributed by atoms with Crippen molar-refractivity contribution in [2.75, 3.05) is 39.4 Å². The van der Waals surface area contributed by atoms with E-state index in [1.54, 1.807) is 0 Å². The van der Waals surface area contributed by atoms with E-state index in [1.165, 1.54) is 0 Å². The zero-order chi connectivity index (χ0) is 10.4. The second-order valence-corrected chi connectivity index (χ2v) is 4.56. The second kappa shape index (κ2) is 8.34. The first kappa shape index (κ1) is 15.2.